The zero-order chi connectivity index (χ0) is 23.6. The number of halogens is 1. The Bertz CT molecular complexity index is 1070. The zero-order valence-electron chi connectivity index (χ0n) is 18.3. The number of carbonyl (C=O) groups excluding carboxylic acids is 2. The third-order valence-electron chi connectivity index (χ3n) is 4.59. The Labute approximate surface area is 197 Å². The summed E-state index contributed by atoms with van der Waals surface area (Å²) in [5, 5.41) is 6.03. The van der Waals surface area contributed by atoms with E-state index in [1.54, 1.807) is 86.8 Å². The van der Waals surface area contributed by atoms with E-state index in [9.17, 15) is 9.59 Å². The Balaban J connectivity index is 1.51. The molecule has 8 heteroatoms. The predicted molar refractivity (Wildman–Crippen MR) is 128 cm³/mol. The second-order valence-corrected chi connectivity index (χ2v) is 7.48. The fourth-order valence-electron chi connectivity index (χ4n) is 2.81. The molecule has 33 heavy (non-hydrogen) atoms. The van der Waals surface area contributed by atoms with Crippen LogP contribution in [0.5, 0.6) is 11.5 Å². The number of methoxy groups -OCH3 is 1. The third kappa shape index (κ3) is 7.24. The summed E-state index contributed by atoms with van der Waals surface area (Å²) in [4.78, 5) is 24.9. The average Bonchev–Trinajstić information content (AvgIpc) is 2.82. The van der Waals surface area contributed by atoms with E-state index in [1.807, 2.05) is 0 Å². The zero-order valence-corrected chi connectivity index (χ0v) is 19.1. The Kier molecular flexibility index (Phi) is 8.69. The Morgan fingerprint density at radius 3 is 2.15 bits per heavy atom. The molecule has 0 radical (unpaired) electrons. The molecule has 2 amide bonds. The highest BCUT2D eigenvalue weighted by Crippen LogP contribution is 2.24. The number of rotatable bonds is 10. The molecule has 172 valence electrons. The summed E-state index contributed by atoms with van der Waals surface area (Å²) in [6, 6.07) is 20.6. The molecule has 3 aromatic carbocycles. The summed E-state index contributed by atoms with van der Waals surface area (Å²) in [6.45, 7) is 2.57. The van der Waals surface area contributed by atoms with Gasteiger partial charge in [0.15, 0.2) is 6.10 Å². The standard InChI is InChI=1S/C25H25ClN2O5/c1-17(33-23-6-4-3-5-22(23)26)24(29)27-19-9-11-20(12-10-19)28-25(30)18-7-13-21(14-8-18)32-16-15-31-2/h3-14,17H,15-16H2,1-2H3,(H,27,29)(H,28,30). The van der Waals surface area contributed by atoms with Crippen LogP contribution in [0.25, 0.3) is 0 Å². The minimum atomic E-state index is -0.745. The van der Waals surface area contributed by atoms with Gasteiger partial charge in [0, 0.05) is 24.0 Å². The fourth-order valence-corrected chi connectivity index (χ4v) is 2.99. The maximum absolute atomic E-state index is 12.5. The van der Waals surface area contributed by atoms with Gasteiger partial charge in [-0.25, -0.2) is 0 Å². The van der Waals surface area contributed by atoms with E-state index in [0.29, 0.717) is 46.7 Å². The highest BCUT2D eigenvalue weighted by Gasteiger charge is 2.16. The van der Waals surface area contributed by atoms with E-state index in [1.165, 1.54) is 0 Å². The fraction of sp³-hybridized carbons (Fsp3) is 0.200. The lowest BCUT2D eigenvalue weighted by Gasteiger charge is -2.15. The van der Waals surface area contributed by atoms with Gasteiger partial charge in [0.05, 0.1) is 11.6 Å². The van der Waals surface area contributed by atoms with Crippen molar-refractivity contribution in [3.8, 4) is 11.5 Å². The molecular weight excluding hydrogens is 444 g/mol. The first kappa shape index (κ1) is 24.1. The predicted octanol–water partition coefficient (Wildman–Crippen LogP) is 5.02. The van der Waals surface area contributed by atoms with Crippen LogP contribution in [0.3, 0.4) is 0 Å². The summed E-state index contributed by atoms with van der Waals surface area (Å²) in [7, 11) is 1.61. The molecule has 0 fully saturated rings. The van der Waals surface area contributed by atoms with Crippen molar-refractivity contribution in [1.82, 2.24) is 0 Å². The number of hydrogen-bond donors (Lipinski definition) is 2. The SMILES string of the molecule is COCCOc1ccc(C(=O)Nc2ccc(NC(=O)C(C)Oc3ccccc3Cl)cc2)cc1. The number of hydrogen-bond acceptors (Lipinski definition) is 5. The molecule has 1 unspecified atom stereocenters. The van der Waals surface area contributed by atoms with Crippen LogP contribution in [0.1, 0.15) is 17.3 Å². The largest absolute Gasteiger partial charge is 0.491 e. The summed E-state index contributed by atoms with van der Waals surface area (Å²) in [5.74, 6) is 0.530. The molecule has 3 aromatic rings. The van der Waals surface area contributed by atoms with E-state index in [0.717, 1.165) is 0 Å². The first-order valence-corrected chi connectivity index (χ1v) is 10.7. The average molecular weight is 469 g/mol. The molecule has 0 aromatic heterocycles. The topological polar surface area (TPSA) is 85.9 Å². The van der Waals surface area contributed by atoms with Crippen LogP contribution in [-0.4, -0.2) is 38.2 Å². The van der Waals surface area contributed by atoms with Crippen molar-refractivity contribution < 1.29 is 23.8 Å². The lowest BCUT2D eigenvalue weighted by Crippen LogP contribution is -2.30. The van der Waals surface area contributed by atoms with E-state index in [-0.39, 0.29) is 11.8 Å². The number of benzene rings is 3. The van der Waals surface area contributed by atoms with E-state index in [2.05, 4.69) is 10.6 Å². The Morgan fingerprint density at radius 2 is 1.52 bits per heavy atom. The minimum absolute atomic E-state index is 0.253. The Hall–Kier alpha value is -3.55. The van der Waals surface area contributed by atoms with Gasteiger partial charge in [-0.05, 0) is 67.6 Å². The van der Waals surface area contributed by atoms with Crippen LogP contribution < -0.4 is 20.1 Å². The monoisotopic (exact) mass is 468 g/mol. The van der Waals surface area contributed by atoms with E-state index >= 15 is 0 Å². The second kappa shape index (κ2) is 11.9. The third-order valence-corrected chi connectivity index (χ3v) is 4.90. The molecule has 0 saturated heterocycles. The van der Waals surface area contributed by atoms with Crippen LogP contribution in [0.4, 0.5) is 11.4 Å². The highest BCUT2D eigenvalue weighted by atomic mass is 35.5. The number of para-hydroxylation sites is 1. The molecule has 0 aliphatic rings. The van der Waals surface area contributed by atoms with Gasteiger partial charge >= 0.3 is 0 Å². The van der Waals surface area contributed by atoms with Crippen molar-refractivity contribution in [2.45, 2.75) is 13.0 Å². The molecule has 1 atom stereocenters. The van der Waals surface area contributed by atoms with Gasteiger partial charge in [0.25, 0.3) is 11.8 Å². The number of nitrogens with one attached hydrogen (secondary N) is 2. The van der Waals surface area contributed by atoms with Crippen molar-refractivity contribution >= 4 is 34.8 Å². The molecule has 3 rings (SSSR count). The van der Waals surface area contributed by atoms with Gasteiger partial charge in [-0.1, -0.05) is 23.7 Å². The molecule has 2 N–H and O–H groups in total. The summed E-state index contributed by atoms with van der Waals surface area (Å²) in [6.07, 6.45) is -0.745. The van der Waals surface area contributed by atoms with Crippen LogP contribution in [-0.2, 0) is 9.53 Å². The smallest absolute Gasteiger partial charge is 0.265 e. The number of amides is 2. The van der Waals surface area contributed by atoms with Crippen LogP contribution >= 0.6 is 11.6 Å². The minimum Gasteiger partial charge on any atom is -0.491 e. The van der Waals surface area contributed by atoms with Crippen molar-refractivity contribution in [3.63, 3.8) is 0 Å². The van der Waals surface area contributed by atoms with Crippen molar-refractivity contribution in [1.29, 1.82) is 0 Å². The molecule has 0 spiro atoms. The van der Waals surface area contributed by atoms with Gasteiger partial charge in [-0.3, -0.25) is 9.59 Å². The van der Waals surface area contributed by atoms with E-state index < -0.39 is 6.10 Å². The van der Waals surface area contributed by atoms with Crippen molar-refractivity contribution in [2.24, 2.45) is 0 Å². The van der Waals surface area contributed by atoms with Gasteiger partial charge in [0.1, 0.15) is 18.1 Å². The lowest BCUT2D eigenvalue weighted by atomic mass is 10.2. The maximum atomic E-state index is 12.5. The quantitative estimate of drug-likeness (QED) is 0.408. The number of anilines is 2. The normalized spacial score (nSPS) is 11.4. The van der Waals surface area contributed by atoms with Crippen LogP contribution in [0, 0.1) is 0 Å². The van der Waals surface area contributed by atoms with Crippen LogP contribution in [0.15, 0.2) is 72.8 Å². The number of carbonyl (C=O) groups is 2. The first-order chi connectivity index (χ1) is 16.0. The number of ether oxygens (including phenoxy) is 3. The molecule has 0 saturated carbocycles. The first-order valence-electron chi connectivity index (χ1n) is 10.3. The summed E-state index contributed by atoms with van der Waals surface area (Å²) < 4.78 is 16.1. The molecular formula is C25H25ClN2O5. The maximum Gasteiger partial charge on any atom is 0.265 e. The van der Waals surface area contributed by atoms with Crippen molar-refractivity contribution in [2.75, 3.05) is 31.0 Å². The van der Waals surface area contributed by atoms with Crippen molar-refractivity contribution in [3.05, 3.63) is 83.4 Å². The van der Waals surface area contributed by atoms with Gasteiger partial charge < -0.3 is 24.8 Å². The summed E-state index contributed by atoms with van der Waals surface area (Å²) in [5.41, 5.74) is 1.67. The van der Waals surface area contributed by atoms with Gasteiger partial charge in [-0.15, -0.1) is 0 Å². The lowest BCUT2D eigenvalue weighted by molar-refractivity contribution is -0.122. The molecule has 7 nitrogen and oxygen atoms in total. The van der Waals surface area contributed by atoms with Gasteiger partial charge in [0.2, 0.25) is 0 Å². The summed E-state index contributed by atoms with van der Waals surface area (Å²) >= 11 is 6.07. The Morgan fingerprint density at radius 1 is 0.879 bits per heavy atom. The van der Waals surface area contributed by atoms with Gasteiger partial charge in [-0.2, -0.15) is 0 Å². The van der Waals surface area contributed by atoms with E-state index in [4.69, 9.17) is 25.8 Å². The van der Waals surface area contributed by atoms with Crippen LogP contribution in [0.2, 0.25) is 5.02 Å². The second-order valence-electron chi connectivity index (χ2n) is 7.08. The highest BCUT2D eigenvalue weighted by molar-refractivity contribution is 6.32. The molecule has 0 bridgehead atoms. The molecule has 0 aliphatic heterocycles. The molecule has 0 heterocycles. The molecule has 0 aliphatic carbocycles.